The third-order valence-corrected chi connectivity index (χ3v) is 5.31. The first-order valence-electron chi connectivity index (χ1n) is 6.64. The van der Waals surface area contributed by atoms with Crippen LogP contribution in [-0.2, 0) is 14.8 Å². The summed E-state index contributed by atoms with van der Waals surface area (Å²) in [6.45, 7) is 2.00. The van der Waals surface area contributed by atoms with Crippen molar-refractivity contribution in [2.24, 2.45) is 0 Å². The number of sulfonamides is 1. The monoisotopic (exact) mass is 314 g/mol. The highest BCUT2D eigenvalue weighted by atomic mass is 32.2. The minimum absolute atomic E-state index is 0.183. The summed E-state index contributed by atoms with van der Waals surface area (Å²) in [6.07, 6.45) is 0. The van der Waals surface area contributed by atoms with Gasteiger partial charge in [0.1, 0.15) is 12.4 Å². The standard InChI is InChI=1S/C13H18N2O5S/c1-14-6-8-15(9-7-14)21(18,19)12-4-2-11(3-5-12)20-10-13(16)17/h2-5H,6-10H2,1H3,(H,16,17). The first kappa shape index (κ1) is 15.7. The van der Waals surface area contributed by atoms with E-state index in [0.29, 0.717) is 18.8 Å². The van der Waals surface area contributed by atoms with E-state index in [9.17, 15) is 18.3 Å². The summed E-state index contributed by atoms with van der Waals surface area (Å²) in [5.74, 6) is -1.03. The molecule has 1 heterocycles. The number of nitrogens with zero attached hydrogens (tertiary/aromatic N) is 1. The fourth-order valence-corrected chi connectivity index (χ4v) is 3.55. The van der Waals surface area contributed by atoms with Crippen LogP contribution in [0, 0.1) is 0 Å². The molecule has 0 unspecified atom stereocenters. The zero-order chi connectivity index (χ0) is 15.5. The van der Waals surface area contributed by atoms with Crippen molar-refractivity contribution in [2.45, 2.75) is 4.90 Å². The van der Waals surface area contributed by atoms with Crippen LogP contribution in [0.4, 0.5) is 0 Å². The van der Waals surface area contributed by atoms with Crippen LogP contribution < -0.4 is 14.7 Å². The highest BCUT2D eigenvalue weighted by Crippen LogP contribution is 2.19. The van der Waals surface area contributed by atoms with Crippen molar-refractivity contribution in [3.63, 3.8) is 0 Å². The smallest absolute Gasteiger partial charge is 0.243 e. The van der Waals surface area contributed by atoms with Crippen LogP contribution in [0.25, 0.3) is 0 Å². The highest BCUT2D eigenvalue weighted by molar-refractivity contribution is 7.89. The molecule has 2 rings (SSSR count). The number of ether oxygens (including phenoxy) is 1. The number of hydrogen-bond donors (Lipinski definition) is 1. The van der Waals surface area contributed by atoms with Crippen molar-refractivity contribution < 1.29 is 28.0 Å². The molecule has 1 aromatic rings. The third-order valence-electron chi connectivity index (χ3n) is 3.39. The molecule has 1 aromatic carbocycles. The Morgan fingerprint density at radius 1 is 1.29 bits per heavy atom. The van der Waals surface area contributed by atoms with Gasteiger partial charge in [0.25, 0.3) is 0 Å². The van der Waals surface area contributed by atoms with Crippen LogP contribution >= 0.6 is 0 Å². The zero-order valence-corrected chi connectivity index (χ0v) is 12.6. The Bertz CT molecular complexity index is 591. The van der Waals surface area contributed by atoms with Gasteiger partial charge in [0.05, 0.1) is 44.1 Å². The highest BCUT2D eigenvalue weighted by Gasteiger charge is 2.28. The maximum absolute atomic E-state index is 12.4. The summed E-state index contributed by atoms with van der Waals surface area (Å²) in [6, 6.07) is 5.73. The molecule has 0 aliphatic carbocycles. The van der Waals surface area contributed by atoms with Gasteiger partial charge < -0.3 is 19.5 Å². The number of likely N-dealkylation sites (N-methyl/N-ethyl adjacent to an activating group) is 1. The van der Waals surface area contributed by atoms with E-state index in [1.54, 1.807) is 0 Å². The molecule has 0 spiro atoms. The van der Waals surface area contributed by atoms with Crippen molar-refractivity contribution in [3.8, 4) is 5.75 Å². The number of hydrogen-bond acceptors (Lipinski definition) is 5. The van der Waals surface area contributed by atoms with E-state index in [-0.39, 0.29) is 4.90 Å². The fourth-order valence-electron chi connectivity index (χ4n) is 2.11. The summed E-state index contributed by atoms with van der Waals surface area (Å²) in [4.78, 5) is 11.8. The van der Waals surface area contributed by atoms with Gasteiger partial charge in [-0.3, -0.25) is 0 Å². The molecule has 0 atom stereocenters. The second-order valence-corrected chi connectivity index (χ2v) is 6.93. The molecule has 7 nitrogen and oxygen atoms in total. The Morgan fingerprint density at radius 3 is 2.38 bits per heavy atom. The number of carbonyl (C=O) groups excluding carboxylic acids is 1. The lowest BCUT2D eigenvalue weighted by molar-refractivity contribution is -0.883. The predicted octanol–water partition coefficient (Wildman–Crippen LogP) is -2.67. The first-order valence-corrected chi connectivity index (χ1v) is 8.08. The van der Waals surface area contributed by atoms with Crippen molar-refractivity contribution in [1.29, 1.82) is 0 Å². The maximum Gasteiger partial charge on any atom is 0.243 e. The summed E-state index contributed by atoms with van der Waals surface area (Å²) in [5, 5.41) is 10.3. The Hall–Kier alpha value is -1.64. The Labute approximate surface area is 123 Å². The Kier molecular flexibility index (Phi) is 4.81. The van der Waals surface area contributed by atoms with Crippen LogP contribution in [0.2, 0.25) is 0 Å². The fraction of sp³-hybridized carbons (Fsp3) is 0.462. The van der Waals surface area contributed by atoms with Gasteiger partial charge in [-0.1, -0.05) is 0 Å². The second kappa shape index (κ2) is 6.42. The van der Waals surface area contributed by atoms with Crippen molar-refractivity contribution >= 4 is 16.0 Å². The maximum atomic E-state index is 12.4. The summed E-state index contributed by atoms with van der Waals surface area (Å²) >= 11 is 0. The minimum Gasteiger partial charge on any atom is -0.546 e. The normalized spacial score (nSPS) is 17.6. The molecule has 1 fully saturated rings. The number of carbonyl (C=O) groups is 1. The van der Waals surface area contributed by atoms with E-state index in [2.05, 4.69) is 0 Å². The lowest BCUT2D eigenvalue weighted by Gasteiger charge is -2.29. The number of carboxylic acids is 1. The summed E-state index contributed by atoms with van der Waals surface area (Å²) in [7, 11) is -1.46. The lowest BCUT2D eigenvalue weighted by Crippen LogP contribution is -3.12. The average molecular weight is 314 g/mol. The van der Waals surface area contributed by atoms with Gasteiger partial charge in [-0.25, -0.2) is 8.42 Å². The van der Waals surface area contributed by atoms with Gasteiger partial charge in [0.2, 0.25) is 10.0 Å². The third kappa shape index (κ3) is 3.93. The average Bonchev–Trinajstić information content (AvgIpc) is 2.46. The molecule has 116 valence electrons. The molecule has 0 amide bonds. The number of carboxylic acid groups (broad SMARTS) is 1. The van der Waals surface area contributed by atoms with E-state index in [0.717, 1.165) is 13.1 Å². The number of quaternary nitrogens is 1. The van der Waals surface area contributed by atoms with Crippen molar-refractivity contribution in [1.82, 2.24) is 4.31 Å². The second-order valence-electron chi connectivity index (χ2n) is 4.99. The van der Waals surface area contributed by atoms with Crippen LogP contribution in [-0.4, -0.2) is 58.5 Å². The van der Waals surface area contributed by atoms with Crippen LogP contribution in [0.1, 0.15) is 0 Å². The number of benzene rings is 1. The van der Waals surface area contributed by atoms with Gasteiger partial charge in [-0.05, 0) is 24.3 Å². The SMILES string of the molecule is C[NH+]1CCN(S(=O)(=O)c2ccc(OCC(=O)[O-])cc2)CC1. The molecule has 0 radical (unpaired) electrons. The number of rotatable bonds is 5. The summed E-state index contributed by atoms with van der Waals surface area (Å²) < 4.78 is 31.3. The van der Waals surface area contributed by atoms with Crippen LogP contribution in [0.15, 0.2) is 29.2 Å². The van der Waals surface area contributed by atoms with E-state index in [4.69, 9.17) is 4.74 Å². The van der Waals surface area contributed by atoms with Crippen LogP contribution in [0.5, 0.6) is 5.75 Å². The molecular weight excluding hydrogens is 296 g/mol. The molecule has 0 saturated carbocycles. The van der Waals surface area contributed by atoms with Crippen molar-refractivity contribution in [3.05, 3.63) is 24.3 Å². The number of piperazine rings is 1. The molecule has 21 heavy (non-hydrogen) atoms. The minimum atomic E-state index is -3.50. The van der Waals surface area contributed by atoms with E-state index >= 15 is 0 Å². The molecule has 1 saturated heterocycles. The molecule has 1 aliphatic heterocycles. The zero-order valence-electron chi connectivity index (χ0n) is 11.7. The molecule has 0 bridgehead atoms. The molecular formula is C13H18N2O5S. The van der Waals surface area contributed by atoms with Gasteiger partial charge in [-0.2, -0.15) is 4.31 Å². The summed E-state index contributed by atoms with van der Waals surface area (Å²) in [5.41, 5.74) is 0. The topological polar surface area (TPSA) is 91.2 Å². The molecule has 0 aromatic heterocycles. The Balaban J connectivity index is 2.08. The lowest BCUT2D eigenvalue weighted by atomic mass is 10.3. The van der Waals surface area contributed by atoms with E-state index in [1.165, 1.54) is 33.5 Å². The largest absolute Gasteiger partial charge is 0.546 e. The Morgan fingerprint density at radius 2 is 1.86 bits per heavy atom. The quantitative estimate of drug-likeness (QED) is 0.640. The number of nitrogens with one attached hydrogen (secondary N) is 1. The van der Waals surface area contributed by atoms with Gasteiger partial charge >= 0.3 is 0 Å². The number of aliphatic carboxylic acids is 1. The molecule has 8 heteroatoms. The van der Waals surface area contributed by atoms with Crippen LogP contribution in [0.3, 0.4) is 0 Å². The van der Waals surface area contributed by atoms with Gasteiger partial charge in [0.15, 0.2) is 0 Å². The molecule has 1 N–H and O–H groups in total. The van der Waals surface area contributed by atoms with Gasteiger partial charge in [-0.15, -0.1) is 0 Å². The van der Waals surface area contributed by atoms with Gasteiger partial charge in [0, 0.05) is 0 Å². The van der Waals surface area contributed by atoms with Crippen molar-refractivity contribution in [2.75, 3.05) is 39.8 Å². The van der Waals surface area contributed by atoms with E-state index < -0.39 is 22.6 Å². The molecule has 1 aliphatic rings. The first-order chi connectivity index (χ1) is 9.89. The predicted molar refractivity (Wildman–Crippen MR) is 72.3 cm³/mol. The van der Waals surface area contributed by atoms with E-state index in [1.807, 2.05) is 7.05 Å².